The van der Waals surface area contributed by atoms with E-state index in [1.165, 1.54) is 18.9 Å². The summed E-state index contributed by atoms with van der Waals surface area (Å²) < 4.78 is 4.93. The predicted molar refractivity (Wildman–Crippen MR) is 115 cm³/mol. The minimum Gasteiger partial charge on any atom is -0.481 e. The lowest BCUT2D eigenvalue weighted by molar-refractivity contribution is -0.137. The summed E-state index contributed by atoms with van der Waals surface area (Å²) in [6, 6.07) is 0.146. The number of carbonyl (C=O) groups is 2. The number of esters is 1. The Morgan fingerprint density at radius 1 is 1.57 bits per heavy atom. The maximum atomic E-state index is 12.2. The number of methoxy groups -OCH3 is 1. The highest BCUT2D eigenvalue weighted by Gasteiger charge is 2.29. The topological polar surface area (TPSA) is 104 Å². The van der Waals surface area contributed by atoms with E-state index < -0.39 is 11.9 Å². The molecule has 0 saturated carbocycles. The number of hydrogen-bond donors (Lipinski definition) is 2. The molecule has 28 heavy (non-hydrogen) atoms. The minimum absolute atomic E-state index is 0.132. The molecule has 0 aromatic heterocycles. The number of carbonyl (C=O) groups excluding carboxylic acids is 1. The fourth-order valence-corrected chi connectivity index (χ4v) is 4.70. The summed E-state index contributed by atoms with van der Waals surface area (Å²) in [4.78, 5) is 34.1. The molecular formula is C18H26N4O4S2. The highest BCUT2D eigenvalue weighted by atomic mass is 32.2. The fraction of sp³-hybridized carbons (Fsp3) is 0.556. The van der Waals surface area contributed by atoms with Gasteiger partial charge in [0.1, 0.15) is 5.04 Å². The molecule has 8 nitrogen and oxygen atoms in total. The van der Waals surface area contributed by atoms with Gasteiger partial charge in [-0.05, 0) is 11.8 Å². The van der Waals surface area contributed by atoms with Crippen LogP contribution in [0.2, 0.25) is 0 Å². The van der Waals surface area contributed by atoms with E-state index in [1.807, 2.05) is 11.8 Å². The van der Waals surface area contributed by atoms with Crippen molar-refractivity contribution in [1.82, 2.24) is 10.2 Å². The highest BCUT2D eigenvalue weighted by Crippen LogP contribution is 2.23. The van der Waals surface area contributed by atoms with Crippen molar-refractivity contribution in [2.45, 2.75) is 18.9 Å². The molecule has 0 aromatic rings. The van der Waals surface area contributed by atoms with Crippen LogP contribution in [0.1, 0.15) is 12.8 Å². The normalized spacial score (nSPS) is 21.0. The lowest BCUT2D eigenvalue weighted by atomic mass is 10.1. The van der Waals surface area contributed by atoms with Crippen LogP contribution in [-0.4, -0.2) is 84.2 Å². The van der Waals surface area contributed by atoms with E-state index in [2.05, 4.69) is 26.8 Å². The quantitative estimate of drug-likeness (QED) is 0.343. The first-order chi connectivity index (χ1) is 13.5. The van der Waals surface area contributed by atoms with E-state index in [1.54, 1.807) is 12.5 Å². The van der Waals surface area contributed by atoms with Crippen LogP contribution in [0.3, 0.4) is 0 Å². The summed E-state index contributed by atoms with van der Waals surface area (Å²) in [7, 11) is 3.03. The van der Waals surface area contributed by atoms with Crippen LogP contribution in [0, 0.1) is 0 Å². The van der Waals surface area contributed by atoms with Crippen LogP contribution in [0.4, 0.5) is 0 Å². The van der Waals surface area contributed by atoms with Gasteiger partial charge in [0.2, 0.25) is 0 Å². The molecule has 0 spiro atoms. The molecule has 1 saturated heterocycles. The number of thioether (sulfide) groups is 2. The average molecular weight is 427 g/mol. The van der Waals surface area contributed by atoms with Gasteiger partial charge in [0.25, 0.3) is 0 Å². The number of rotatable bonds is 8. The number of hydrogen-bond acceptors (Lipinski definition) is 9. The molecule has 2 heterocycles. The zero-order valence-electron chi connectivity index (χ0n) is 16.1. The summed E-state index contributed by atoms with van der Waals surface area (Å²) in [5, 5.41) is 14.6. The fourth-order valence-electron chi connectivity index (χ4n) is 3.03. The maximum Gasteiger partial charge on any atom is 0.337 e. The Morgan fingerprint density at radius 3 is 3.00 bits per heavy atom. The Bertz CT molecular complexity index is 706. The summed E-state index contributed by atoms with van der Waals surface area (Å²) in [6.45, 7) is 5.26. The molecule has 154 valence electrons. The van der Waals surface area contributed by atoms with Crippen LogP contribution in [0.5, 0.6) is 0 Å². The Morgan fingerprint density at radius 2 is 2.36 bits per heavy atom. The highest BCUT2D eigenvalue weighted by molar-refractivity contribution is 8.18. The summed E-state index contributed by atoms with van der Waals surface area (Å²) in [6.07, 6.45) is 0.714. The standard InChI is InChI=1S/C18H26N4O4S2/c1-4-28-17(19-2)16-20-9-13(18(25)26-3)14(21-16)10-22-7-8-27-11-12(22)5-6-15(23)24/h4,12H,1,5-11H2,2-3H3,(H,20,21)(H,23,24). The minimum atomic E-state index is -0.791. The van der Waals surface area contributed by atoms with Crippen molar-refractivity contribution < 1.29 is 19.4 Å². The first kappa shape index (κ1) is 22.5. The molecule has 2 aliphatic heterocycles. The van der Waals surface area contributed by atoms with E-state index in [0.29, 0.717) is 29.4 Å². The second kappa shape index (κ2) is 11.3. The number of ether oxygens (including phenoxy) is 1. The zero-order chi connectivity index (χ0) is 20.5. The number of amidine groups is 1. The molecule has 0 amide bonds. The number of aliphatic imine (C=N–C) groups is 2. The molecule has 0 bridgehead atoms. The van der Waals surface area contributed by atoms with Crippen LogP contribution in [-0.2, 0) is 14.3 Å². The van der Waals surface area contributed by atoms with Gasteiger partial charge in [-0.25, -0.2) is 4.79 Å². The second-order valence-corrected chi connectivity index (χ2v) is 8.29. The number of aliphatic carboxylic acids is 1. The van der Waals surface area contributed by atoms with Gasteiger partial charge in [-0.1, -0.05) is 18.3 Å². The van der Waals surface area contributed by atoms with E-state index in [0.717, 1.165) is 23.7 Å². The largest absolute Gasteiger partial charge is 0.481 e. The zero-order valence-corrected chi connectivity index (χ0v) is 17.8. The summed E-state index contributed by atoms with van der Waals surface area (Å²) in [5.41, 5.74) is 1.22. The number of carboxylic acids is 1. The molecular weight excluding hydrogens is 400 g/mol. The van der Waals surface area contributed by atoms with Gasteiger partial charge in [0.05, 0.1) is 19.2 Å². The van der Waals surface area contributed by atoms with Crippen molar-refractivity contribution in [1.29, 1.82) is 0 Å². The van der Waals surface area contributed by atoms with Gasteiger partial charge >= 0.3 is 11.9 Å². The van der Waals surface area contributed by atoms with Gasteiger partial charge in [-0.2, -0.15) is 11.8 Å². The molecule has 10 heteroatoms. The van der Waals surface area contributed by atoms with E-state index >= 15 is 0 Å². The van der Waals surface area contributed by atoms with Crippen LogP contribution >= 0.6 is 23.5 Å². The van der Waals surface area contributed by atoms with Gasteiger partial charge in [-0.15, -0.1) is 0 Å². The van der Waals surface area contributed by atoms with Crippen molar-refractivity contribution >= 4 is 46.3 Å². The second-order valence-electron chi connectivity index (χ2n) is 6.18. The molecule has 2 N–H and O–H groups in total. The van der Waals surface area contributed by atoms with Crippen molar-refractivity contribution in [2.75, 3.05) is 45.3 Å². The summed E-state index contributed by atoms with van der Waals surface area (Å²) in [5.74, 6) is 1.25. The van der Waals surface area contributed by atoms with E-state index in [9.17, 15) is 9.59 Å². The van der Waals surface area contributed by atoms with Crippen molar-refractivity contribution in [3.63, 3.8) is 0 Å². The molecule has 0 aliphatic carbocycles. The van der Waals surface area contributed by atoms with Crippen LogP contribution in [0.25, 0.3) is 0 Å². The SMILES string of the molecule is C=CSC(=NC)C1=NCC(C(=O)OC)=C(CN2CCSCC2CCC(=O)O)N1. The first-order valence-corrected chi connectivity index (χ1v) is 10.9. The molecule has 2 aliphatic rings. The van der Waals surface area contributed by atoms with Gasteiger partial charge in [0, 0.05) is 49.8 Å². The smallest absolute Gasteiger partial charge is 0.337 e. The molecule has 0 radical (unpaired) electrons. The van der Waals surface area contributed by atoms with Crippen LogP contribution in [0.15, 0.2) is 33.2 Å². The summed E-state index contributed by atoms with van der Waals surface area (Å²) >= 11 is 3.19. The van der Waals surface area contributed by atoms with Gasteiger partial charge < -0.3 is 15.2 Å². The Hall–Kier alpha value is -1.78. The molecule has 2 rings (SSSR count). The lowest BCUT2D eigenvalue weighted by Crippen LogP contribution is -2.47. The molecule has 1 fully saturated rings. The van der Waals surface area contributed by atoms with E-state index in [4.69, 9.17) is 9.84 Å². The maximum absolute atomic E-state index is 12.2. The number of carboxylic acid groups (broad SMARTS) is 1. The van der Waals surface area contributed by atoms with E-state index in [-0.39, 0.29) is 19.0 Å². The Labute approximate surface area is 173 Å². The van der Waals surface area contributed by atoms with Crippen molar-refractivity contribution in [3.8, 4) is 0 Å². The monoisotopic (exact) mass is 426 g/mol. The van der Waals surface area contributed by atoms with Crippen molar-refractivity contribution in [3.05, 3.63) is 23.3 Å². The third-order valence-corrected chi connectivity index (χ3v) is 6.32. The Kier molecular flexibility index (Phi) is 9.07. The van der Waals surface area contributed by atoms with Gasteiger partial charge in [0.15, 0.2) is 5.84 Å². The third-order valence-electron chi connectivity index (χ3n) is 4.46. The average Bonchev–Trinajstić information content (AvgIpc) is 2.70. The molecule has 1 atom stereocenters. The molecule has 1 unspecified atom stereocenters. The Balaban J connectivity index is 2.20. The van der Waals surface area contributed by atoms with Crippen molar-refractivity contribution in [2.24, 2.45) is 9.98 Å². The number of nitrogens with one attached hydrogen (secondary N) is 1. The number of nitrogens with zero attached hydrogens (tertiary/aromatic N) is 3. The molecule has 0 aromatic carbocycles. The first-order valence-electron chi connectivity index (χ1n) is 8.90. The lowest BCUT2D eigenvalue weighted by Gasteiger charge is -2.36. The third kappa shape index (κ3) is 6.11. The van der Waals surface area contributed by atoms with Crippen LogP contribution < -0.4 is 5.32 Å². The predicted octanol–water partition coefficient (Wildman–Crippen LogP) is 1.60. The van der Waals surface area contributed by atoms with Gasteiger partial charge in [-0.3, -0.25) is 19.7 Å².